The molecule has 0 aromatic heterocycles. The summed E-state index contributed by atoms with van der Waals surface area (Å²) in [7, 11) is 0. The van der Waals surface area contributed by atoms with Crippen LogP contribution in [0.3, 0.4) is 0 Å². The van der Waals surface area contributed by atoms with Gasteiger partial charge < -0.3 is 21.1 Å². The van der Waals surface area contributed by atoms with E-state index in [0.717, 1.165) is 4.90 Å². The average Bonchev–Trinajstić information content (AvgIpc) is 2.59. The van der Waals surface area contributed by atoms with Gasteiger partial charge in [-0.25, -0.2) is 0 Å². The van der Waals surface area contributed by atoms with Gasteiger partial charge in [0.1, 0.15) is 5.75 Å². The highest BCUT2D eigenvalue weighted by atomic mass is 32.2. The van der Waals surface area contributed by atoms with Crippen LogP contribution in [-0.4, -0.2) is 30.1 Å². The first-order chi connectivity index (χ1) is 12.0. The zero-order valence-electron chi connectivity index (χ0n) is 13.1. The van der Waals surface area contributed by atoms with Crippen molar-refractivity contribution in [1.29, 1.82) is 0 Å². The van der Waals surface area contributed by atoms with Gasteiger partial charge in [0.2, 0.25) is 5.91 Å². The highest BCUT2D eigenvalue weighted by molar-refractivity contribution is 8.00. The van der Waals surface area contributed by atoms with E-state index < -0.39 is 5.91 Å². The number of rotatable bonds is 5. The molecule has 0 bridgehead atoms. The molecule has 0 saturated carbocycles. The lowest BCUT2D eigenvalue weighted by Gasteiger charge is -2.17. The van der Waals surface area contributed by atoms with Gasteiger partial charge in [0.05, 0.1) is 11.4 Å². The summed E-state index contributed by atoms with van der Waals surface area (Å²) in [5, 5.41) is 5.50. The summed E-state index contributed by atoms with van der Waals surface area (Å²) in [6, 6.07) is 11.8. The van der Waals surface area contributed by atoms with Gasteiger partial charge in [0, 0.05) is 22.2 Å². The molecule has 0 unspecified atom stereocenters. The second-order valence-electron chi connectivity index (χ2n) is 5.28. The Kier molecular flexibility index (Phi) is 4.90. The monoisotopic (exact) mass is 357 g/mol. The van der Waals surface area contributed by atoms with Crippen molar-refractivity contribution in [2.75, 3.05) is 23.0 Å². The summed E-state index contributed by atoms with van der Waals surface area (Å²) in [4.78, 5) is 35.6. The molecule has 1 aliphatic heterocycles. The highest BCUT2D eigenvalue weighted by Crippen LogP contribution is 2.32. The second kappa shape index (κ2) is 7.27. The zero-order chi connectivity index (χ0) is 17.8. The van der Waals surface area contributed by atoms with Crippen molar-refractivity contribution in [3.05, 3.63) is 48.0 Å². The van der Waals surface area contributed by atoms with E-state index in [0.29, 0.717) is 28.4 Å². The van der Waals surface area contributed by atoms with Crippen LogP contribution in [0.2, 0.25) is 0 Å². The van der Waals surface area contributed by atoms with Crippen LogP contribution < -0.4 is 21.1 Å². The highest BCUT2D eigenvalue weighted by Gasteiger charge is 2.17. The molecule has 128 valence electrons. The SMILES string of the molecule is NC(=O)COc1cccc(NC(=O)c2ccc3c(c2)NC(=O)CS3)c1. The first kappa shape index (κ1) is 16.8. The van der Waals surface area contributed by atoms with E-state index >= 15 is 0 Å². The first-order valence-electron chi connectivity index (χ1n) is 7.40. The molecule has 25 heavy (non-hydrogen) atoms. The average molecular weight is 357 g/mol. The minimum Gasteiger partial charge on any atom is -0.484 e. The van der Waals surface area contributed by atoms with E-state index in [1.807, 2.05) is 0 Å². The number of fused-ring (bicyclic) bond motifs is 1. The largest absolute Gasteiger partial charge is 0.484 e. The number of nitrogens with one attached hydrogen (secondary N) is 2. The Balaban J connectivity index is 1.72. The van der Waals surface area contributed by atoms with Gasteiger partial charge in [-0.2, -0.15) is 0 Å². The maximum atomic E-state index is 12.4. The summed E-state index contributed by atoms with van der Waals surface area (Å²) in [6.07, 6.45) is 0. The molecule has 2 aromatic carbocycles. The van der Waals surface area contributed by atoms with Gasteiger partial charge in [-0.3, -0.25) is 14.4 Å². The van der Waals surface area contributed by atoms with Crippen LogP contribution in [0, 0.1) is 0 Å². The smallest absolute Gasteiger partial charge is 0.255 e. The summed E-state index contributed by atoms with van der Waals surface area (Å²) in [5.74, 6) is -0.195. The van der Waals surface area contributed by atoms with Gasteiger partial charge in [-0.05, 0) is 30.3 Å². The quantitative estimate of drug-likeness (QED) is 0.756. The number of anilines is 2. The lowest BCUT2D eigenvalue weighted by molar-refractivity contribution is -0.120. The fourth-order valence-corrected chi connectivity index (χ4v) is 3.03. The molecular weight excluding hydrogens is 342 g/mol. The molecule has 1 heterocycles. The number of primary amides is 1. The minimum absolute atomic E-state index is 0.0886. The number of carbonyl (C=O) groups is 3. The van der Waals surface area contributed by atoms with Gasteiger partial charge >= 0.3 is 0 Å². The normalized spacial score (nSPS) is 12.7. The van der Waals surface area contributed by atoms with Crippen molar-refractivity contribution in [2.45, 2.75) is 4.90 Å². The molecule has 1 aliphatic rings. The van der Waals surface area contributed by atoms with Crippen LogP contribution in [0.15, 0.2) is 47.4 Å². The van der Waals surface area contributed by atoms with Crippen LogP contribution in [-0.2, 0) is 9.59 Å². The van der Waals surface area contributed by atoms with E-state index in [9.17, 15) is 14.4 Å². The molecule has 0 spiro atoms. The van der Waals surface area contributed by atoms with E-state index in [-0.39, 0.29) is 18.4 Å². The number of benzene rings is 2. The van der Waals surface area contributed by atoms with Gasteiger partial charge in [0.25, 0.3) is 11.8 Å². The summed E-state index contributed by atoms with van der Waals surface area (Å²) in [6.45, 7) is -0.237. The van der Waals surface area contributed by atoms with Crippen LogP contribution >= 0.6 is 11.8 Å². The third kappa shape index (κ3) is 4.30. The van der Waals surface area contributed by atoms with E-state index in [1.165, 1.54) is 11.8 Å². The number of amides is 3. The lowest BCUT2D eigenvalue weighted by Crippen LogP contribution is -2.20. The summed E-state index contributed by atoms with van der Waals surface area (Å²) >= 11 is 1.43. The molecule has 7 nitrogen and oxygen atoms in total. The second-order valence-corrected chi connectivity index (χ2v) is 6.30. The molecule has 8 heteroatoms. The first-order valence-corrected chi connectivity index (χ1v) is 8.39. The molecular formula is C17H15N3O4S. The Hall–Kier alpha value is -3.00. The molecule has 0 radical (unpaired) electrons. The van der Waals surface area contributed by atoms with Crippen LogP contribution in [0.5, 0.6) is 5.75 Å². The summed E-state index contributed by atoms with van der Waals surface area (Å²) in [5.41, 5.74) is 6.61. The van der Waals surface area contributed by atoms with Gasteiger partial charge in [-0.1, -0.05) is 6.07 Å². The van der Waals surface area contributed by atoms with Gasteiger partial charge in [0.15, 0.2) is 6.61 Å². The predicted molar refractivity (Wildman–Crippen MR) is 94.9 cm³/mol. The fourth-order valence-electron chi connectivity index (χ4n) is 2.25. The number of hydrogen-bond donors (Lipinski definition) is 3. The third-order valence-electron chi connectivity index (χ3n) is 3.35. The molecule has 0 fully saturated rings. The van der Waals surface area contributed by atoms with Gasteiger partial charge in [-0.15, -0.1) is 11.8 Å². The number of carbonyl (C=O) groups excluding carboxylic acids is 3. The topological polar surface area (TPSA) is 111 Å². The number of ether oxygens (including phenoxy) is 1. The predicted octanol–water partition coefficient (Wildman–Crippen LogP) is 1.85. The van der Waals surface area contributed by atoms with Crippen molar-refractivity contribution in [3.63, 3.8) is 0 Å². The zero-order valence-corrected chi connectivity index (χ0v) is 13.9. The van der Waals surface area contributed by atoms with E-state index in [1.54, 1.807) is 42.5 Å². The molecule has 0 saturated heterocycles. The maximum absolute atomic E-state index is 12.4. The number of nitrogens with two attached hydrogens (primary N) is 1. The van der Waals surface area contributed by atoms with Crippen LogP contribution in [0.4, 0.5) is 11.4 Å². The Morgan fingerprint density at radius 3 is 2.88 bits per heavy atom. The third-order valence-corrected chi connectivity index (χ3v) is 4.42. The van der Waals surface area contributed by atoms with Crippen molar-refractivity contribution in [2.24, 2.45) is 5.73 Å². The fraction of sp³-hybridized carbons (Fsp3) is 0.118. The Labute approximate surface area is 147 Å². The van der Waals surface area contributed by atoms with Crippen molar-refractivity contribution >= 4 is 40.9 Å². The van der Waals surface area contributed by atoms with Crippen LogP contribution in [0.25, 0.3) is 0 Å². The van der Waals surface area contributed by atoms with Crippen LogP contribution in [0.1, 0.15) is 10.4 Å². The Morgan fingerprint density at radius 1 is 1.24 bits per heavy atom. The lowest BCUT2D eigenvalue weighted by atomic mass is 10.1. The van der Waals surface area contributed by atoms with Crippen molar-refractivity contribution in [1.82, 2.24) is 0 Å². The molecule has 3 amide bonds. The molecule has 4 N–H and O–H groups in total. The molecule has 0 atom stereocenters. The van der Waals surface area contributed by atoms with Crippen molar-refractivity contribution in [3.8, 4) is 5.75 Å². The minimum atomic E-state index is -0.580. The molecule has 3 rings (SSSR count). The standard InChI is InChI=1S/C17H15N3O4S/c18-15(21)8-24-12-3-1-2-11(7-12)19-17(23)10-4-5-14-13(6-10)20-16(22)9-25-14/h1-7H,8-9H2,(H2,18,21)(H,19,23)(H,20,22). The van der Waals surface area contributed by atoms with E-state index in [4.69, 9.17) is 10.5 Å². The maximum Gasteiger partial charge on any atom is 0.255 e. The molecule has 2 aromatic rings. The molecule has 0 aliphatic carbocycles. The number of thioether (sulfide) groups is 1. The van der Waals surface area contributed by atoms with E-state index in [2.05, 4.69) is 10.6 Å². The Bertz CT molecular complexity index is 854. The van der Waals surface area contributed by atoms with Crippen molar-refractivity contribution < 1.29 is 19.1 Å². The summed E-state index contributed by atoms with van der Waals surface area (Å²) < 4.78 is 5.21. The Morgan fingerprint density at radius 2 is 2.08 bits per heavy atom. The number of hydrogen-bond acceptors (Lipinski definition) is 5.